The predicted octanol–water partition coefficient (Wildman–Crippen LogP) is 7.35. The van der Waals surface area contributed by atoms with E-state index in [1.54, 1.807) is 43.3 Å². The van der Waals surface area contributed by atoms with Crippen molar-refractivity contribution in [3.63, 3.8) is 0 Å². The molecule has 5 aromatic carbocycles. The van der Waals surface area contributed by atoms with Crippen LogP contribution in [0.15, 0.2) is 133 Å². The van der Waals surface area contributed by atoms with E-state index in [1.807, 2.05) is 97.1 Å². The number of carbonyl (C=O) groups is 4. The molecule has 0 aliphatic carbocycles. The maximum absolute atomic E-state index is 12.2. The normalized spacial score (nSPS) is 10.2. The van der Waals surface area contributed by atoms with Crippen LogP contribution >= 0.6 is 11.6 Å². The lowest BCUT2D eigenvalue weighted by atomic mass is 10.1. The van der Waals surface area contributed by atoms with E-state index < -0.39 is 0 Å². The second-order valence-electron chi connectivity index (χ2n) is 11.1. The van der Waals surface area contributed by atoms with Crippen molar-refractivity contribution in [3.8, 4) is 0 Å². The van der Waals surface area contributed by atoms with Crippen LogP contribution in [0.3, 0.4) is 0 Å². The molecule has 0 unspecified atom stereocenters. The summed E-state index contributed by atoms with van der Waals surface area (Å²) in [6.07, 6.45) is 1.06. The third kappa shape index (κ3) is 13.1. The number of hydrogen-bond acceptors (Lipinski definition) is 4. The Balaban J connectivity index is 0.000000226. The summed E-state index contributed by atoms with van der Waals surface area (Å²) in [6, 6.07) is 40.9. The molecule has 0 heterocycles. The Bertz CT molecular complexity index is 1810. The van der Waals surface area contributed by atoms with Gasteiger partial charge in [0.15, 0.2) is 0 Å². The minimum Gasteiger partial charge on any atom is -0.352 e. The highest BCUT2D eigenvalue weighted by Crippen LogP contribution is 2.15. The first-order valence-corrected chi connectivity index (χ1v) is 16.3. The predicted molar refractivity (Wildman–Crippen MR) is 195 cm³/mol. The number of anilines is 2. The first-order valence-electron chi connectivity index (χ1n) is 15.9. The summed E-state index contributed by atoms with van der Waals surface area (Å²) in [7, 11) is 0. The van der Waals surface area contributed by atoms with E-state index in [9.17, 15) is 19.2 Å². The molecule has 0 radical (unpaired) electrons. The molecule has 49 heavy (non-hydrogen) atoms. The molecule has 0 aromatic heterocycles. The summed E-state index contributed by atoms with van der Waals surface area (Å²) in [5.74, 6) is -0.317. The summed E-state index contributed by atoms with van der Waals surface area (Å²) in [5, 5.41) is 11.9. The fraction of sp³-hybridized carbons (Fsp3) is 0.150. The quantitative estimate of drug-likeness (QED) is 0.111. The topological polar surface area (TPSA) is 116 Å². The van der Waals surface area contributed by atoms with Crippen molar-refractivity contribution >= 4 is 46.6 Å². The number of benzene rings is 5. The van der Waals surface area contributed by atoms with Gasteiger partial charge in [-0.3, -0.25) is 19.2 Å². The molecule has 0 bridgehead atoms. The van der Waals surface area contributed by atoms with Crippen LogP contribution in [0.2, 0.25) is 5.02 Å². The van der Waals surface area contributed by atoms with E-state index >= 15 is 0 Å². The van der Waals surface area contributed by atoms with Crippen molar-refractivity contribution in [2.45, 2.75) is 39.3 Å². The van der Waals surface area contributed by atoms with Gasteiger partial charge < -0.3 is 21.3 Å². The van der Waals surface area contributed by atoms with Crippen LogP contribution in [0.25, 0.3) is 0 Å². The van der Waals surface area contributed by atoms with Gasteiger partial charge in [-0.2, -0.15) is 0 Å². The minimum absolute atomic E-state index is 0.0193. The lowest BCUT2D eigenvalue weighted by molar-refractivity contribution is -0.121. The van der Waals surface area contributed by atoms with Gasteiger partial charge in [0.2, 0.25) is 17.7 Å². The molecule has 4 amide bonds. The summed E-state index contributed by atoms with van der Waals surface area (Å²) < 4.78 is 0. The summed E-state index contributed by atoms with van der Waals surface area (Å²) in [4.78, 5) is 47.5. The Labute approximate surface area is 291 Å². The number of halogens is 1. The van der Waals surface area contributed by atoms with Crippen LogP contribution in [-0.2, 0) is 40.3 Å². The first-order chi connectivity index (χ1) is 23.8. The first kappa shape index (κ1) is 36.1. The van der Waals surface area contributed by atoms with Gasteiger partial charge in [0.25, 0.3) is 5.91 Å². The Kier molecular flexibility index (Phi) is 14.1. The largest absolute Gasteiger partial charge is 0.352 e. The lowest BCUT2D eigenvalue weighted by Gasteiger charge is -2.08. The average Bonchev–Trinajstić information content (AvgIpc) is 3.12. The van der Waals surface area contributed by atoms with Crippen LogP contribution in [0.5, 0.6) is 0 Å². The zero-order valence-electron chi connectivity index (χ0n) is 27.2. The molecule has 0 atom stereocenters. The monoisotopic (exact) mass is 674 g/mol. The van der Waals surface area contributed by atoms with Crippen molar-refractivity contribution in [1.29, 1.82) is 0 Å². The van der Waals surface area contributed by atoms with Gasteiger partial charge in [-0.05, 0) is 64.7 Å². The van der Waals surface area contributed by atoms with Crippen LogP contribution in [0, 0.1) is 0 Å². The average molecular weight is 675 g/mol. The number of hydrogen-bond donors (Lipinski definition) is 4. The van der Waals surface area contributed by atoms with Crippen LogP contribution in [0.1, 0.15) is 46.0 Å². The van der Waals surface area contributed by atoms with Gasteiger partial charge in [-0.1, -0.05) is 110 Å². The zero-order chi connectivity index (χ0) is 34.8. The third-order valence-electron chi connectivity index (χ3n) is 7.25. The van der Waals surface area contributed by atoms with E-state index in [-0.39, 0.29) is 30.0 Å². The fourth-order valence-corrected chi connectivity index (χ4v) is 4.77. The second kappa shape index (κ2) is 19.2. The molecule has 5 aromatic rings. The Morgan fingerprint density at radius 2 is 0.980 bits per heavy atom. The highest BCUT2D eigenvalue weighted by molar-refractivity contribution is 6.31. The maximum atomic E-state index is 12.2. The smallest absolute Gasteiger partial charge is 0.255 e. The van der Waals surface area contributed by atoms with Gasteiger partial charge >= 0.3 is 0 Å². The molecule has 250 valence electrons. The molecule has 0 saturated heterocycles. The lowest BCUT2D eigenvalue weighted by Crippen LogP contribution is -2.24. The summed E-state index contributed by atoms with van der Waals surface area (Å²) in [6.45, 7) is 2.85. The molecule has 9 heteroatoms. The maximum Gasteiger partial charge on any atom is 0.255 e. The van der Waals surface area contributed by atoms with E-state index in [4.69, 9.17) is 11.6 Å². The van der Waals surface area contributed by atoms with Gasteiger partial charge in [0, 0.05) is 41.5 Å². The van der Waals surface area contributed by atoms with Crippen molar-refractivity contribution in [2.24, 2.45) is 0 Å². The molecule has 0 fully saturated rings. The molecule has 0 saturated carbocycles. The molecule has 0 aliphatic rings. The molecule has 4 N–H and O–H groups in total. The fourth-order valence-electron chi connectivity index (χ4n) is 4.58. The molecular weight excluding hydrogens is 636 g/mol. The van der Waals surface area contributed by atoms with E-state index in [1.165, 1.54) is 0 Å². The van der Waals surface area contributed by atoms with E-state index in [2.05, 4.69) is 21.3 Å². The highest BCUT2D eigenvalue weighted by atomic mass is 35.5. The molecule has 0 aliphatic heterocycles. The molecule has 5 rings (SSSR count). The zero-order valence-corrected chi connectivity index (χ0v) is 28.0. The minimum atomic E-state index is -0.231. The van der Waals surface area contributed by atoms with Crippen LogP contribution in [0.4, 0.5) is 11.4 Å². The highest BCUT2D eigenvalue weighted by Gasteiger charge is 2.08. The number of nitrogens with one attached hydrogen (secondary N) is 4. The van der Waals surface area contributed by atoms with Gasteiger partial charge in [0.1, 0.15) is 0 Å². The molecule has 0 spiro atoms. The van der Waals surface area contributed by atoms with Crippen LogP contribution in [-0.4, -0.2) is 23.6 Å². The van der Waals surface area contributed by atoms with Gasteiger partial charge in [-0.25, -0.2) is 0 Å². The van der Waals surface area contributed by atoms with Gasteiger partial charge in [-0.15, -0.1) is 0 Å². The summed E-state index contributed by atoms with van der Waals surface area (Å²) >= 11 is 5.91. The van der Waals surface area contributed by atoms with Crippen molar-refractivity contribution < 1.29 is 19.2 Å². The SMILES string of the molecule is CCC(=O)Nc1ccc(CC(=O)NCc2ccccc2)cc1.O=C(Cc1ccc(NC(=O)c2cccc(Cl)c2)cc1)NCc1ccccc1. The van der Waals surface area contributed by atoms with Gasteiger partial charge in [0.05, 0.1) is 12.8 Å². The molecular formula is C40H39ClN4O4. The number of carbonyl (C=O) groups excluding carboxylic acids is 4. The third-order valence-corrected chi connectivity index (χ3v) is 7.49. The van der Waals surface area contributed by atoms with Crippen molar-refractivity contribution in [2.75, 3.05) is 10.6 Å². The van der Waals surface area contributed by atoms with Crippen molar-refractivity contribution in [3.05, 3.63) is 166 Å². The Hall–Kier alpha value is -5.73. The second-order valence-corrected chi connectivity index (χ2v) is 11.6. The summed E-state index contributed by atoms with van der Waals surface area (Å²) in [5.41, 5.74) is 5.83. The number of rotatable bonds is 12. The van der Waals surface area contributed by atoms with Crippen molar-refractivity contribution in [1.82, 2.24) is 10.6 Å². The standard InChI is InChI=1S/C22H19ClN2O2.C18H20N2O2/c23-19-8-4-7-18(14-19)22(27)25-20-11-9-16(10-12-20)13-21(26)24-15-17-5-2-1-3-6-17;1-2-17(21)20-16-10-8-14(9-11-16)12-18(22)19-13-15-6-4-3-5-7-15/h1-12,14H,13,15H2,(H,24,26)(H,25,27);3-11H,2,12-13H2,1H3,(H,19,22)(H,20,21). The van der Waals surface area contributed by atoms with E-state index in [0.29, 0.717) is 42.2 Å². The Morgan fingerprint density at radius 3 is 1.43 bits per heavy atom. The number of amides is 4. The van der Waals surface area contributed by atoms with Crippen LogP contribution < -0.4 is 21.3 Å². The Morgan fingerprint density at radius 1 is 0.510 bits per heavy atom. The molecule has 8 nitrogen and oxygen atoms in total. The van der Waals surface area contributed by atoms with E-state index in [0.717, 1.165) is 27.9 Å².